The number of fused-ring (bicyclic) bond motifs is 1. The number of piperidine rings is 1. The fourth-order valence-corrected chi connectivity index (χ4v) is 4.13. The number of hydrogen-bond acceptors (Lipinski definition) is 5. The van der Waals surface area contributed by atoms with E-state index in [4.69, 9.17) is 21.1 Å². The fraction of sp³-hybridized carbons (Fsp3) is 0.278. The molecular formula is C18H15ClN2O4S. The van der Waals surface area contributed by atoms with Crippen LogP contribution in [0.25, 0.3) is 11.1 Å². The Morgan fingerprint density at radius 3 is 2.62 bits per heavy atom. The molecule has 0 saturated carbocycles. The third kappa shape index (κ3) is 3.20. The number of amides is 1. The second-order valence-corrected chi connectivity index (χ2v) is 7.72. The van der Waals surface area contributed by atoms with Gasteiger partial charge in [-0.3, -0.25) is 4.79 Å². The minimum absolute atomic E-state index is 0.120. The first-order chi connectivity index (χ1) is 12.5. The number of nitrogens with zero attached hydrogens (tertiary/aromatic N) is 2. The van der Waals surface area contributed by atoms with Crippen molar-refractivity contribution in [3.05, 3.63) is 51.0 Å². The van der Waals surface area contributed by atoms with Crippen molar-refractivity contribution in [3.63, 3.8) is 0 Å². The number of carboxylic acid groups (broad SMARTS) is 1. The Balaban J connectivity index is 1.44. The summed E-state index contributed by atoms with van der Waals surface area (Å²) in [5.41, 5.74) is 1.45. The Bertz CT molecular complexity index is 988. The molecule has 1 fully saturated rings. The average Bonchev–Trinajstić information content (AvgIpc) is 3.28. The summed E-state index contributed by atoms with van der Waals surface area (Å²) in [6.45, 7) is 1.17. The maximum atomic E-state index is 12.5. The lowest BCUT2D eigenvalue weighted by molar-refractivity contribution is 0.0698. The highest BCUT2D eigenvalue weighted by Gasteiger charge is 2.28. The number of hydrogen-bond donors (Lipinski definition) is 1. The Kier molecular flexibility index (Phi) is 4.42. The van der Waals surface area contributed by atoms with Crippen LogP contribution in [0.3, 0.4) is 0 Å². The van der Waals surface area contributed by atoms with Gasteiger partial charge in [0.2, 0.25) is 0 Å². The predicted molar refractivity (Wildman–Crippen MR) is 98.2 cm³/mol. The van der Waals surface area contributed by atoms with Crippen LogP contribution in [0, 0.1) is 0 Å². The number of benzene rings is 1. The van der Waals surface area contributed by atoms with Crippen LogP contribution < -0.4 is 0 Å². The lowest BCUT2D eigenvalue weighted by atomic mass is 9.96. The van der Waals surface area contributed by atoms with Gasteiger partial charge in [0.05, 0.1) is 4.88 Å². The number of thiophene rings is 1. The summed E-state index contributed by atoms with van der Waals surface area (Å²) in [5, 5.41) is 9.61. The van der Waals surface area contributed by atoms with Crippen LogP contribution in [-0.2, 0) is 0 Å². The third-order valence-electron chi connectivity index (χ3n) is 4.53. The van der Waals surface area contributed by atoms with Crippen molar-refractivity contribution in [2.45, 2.75) is 18.8 Å². The first kappa shape index (κ1) is 17.1. The minimum Gasteiger partial charge on any atom is -0.477 e. The topological polar surface area (TPSA) is 83.6 Å². The van der Waals surface area contributed by atoms with E-state index in [-0.39, 0.29) is 16.7 Å². The van der Waals surface area contributed by atoms with E-state index < -0.39 is 5.97 Å². The van der Waals surface area contributed by atoms with E-state index in [0.717, 1.165) is 29.7 Å². The highest BCUT2D eigenvalue weighted by molar-refractivity contribution is 7.15. The Labute approximate surface area is 158 Å². The van der Waals surface area contributed by atoms with Crippen molar-refractivity contribution in [1.82, 2.24) is 9.88 Å². The predicted octanol–water partition coefficient (Wildman–Crippen LogP) is 4.26. The van der Waals surface area contributed by atoms with E-state index >= 15 is 0 Å². The summed E-state index contributed by atoms with van der Waals surface area (Å²) in [6.07, 6.45) is 1.51. The number of carbonyl (C=O) groups is 2. The molecule has 0 bridgehead atoms. The van der Waals surface area contributed by atoms with Gasteiger partial charge in [-0.2, -0.15) is 0 Å². The number of oxazole rings is 1. The zero-order chi connectivity index (χ0) is 18.3. The zero-order valence-electron chi connectivity index (χ0n) is 13.6. The zero-order valence-corrected chi connectivity index (χ0v) is 15.2. The third-order valence-corrected chi connectivity index (χ3v) is 5.82. The minimum atomic E-state index is -1.01. The van der Waals surface area contributed by atoms with Gasteiger partial charge in [0.25, 0.3) is 5.91 Å². The van der Waals surface area contributed by atoms with Crippen LogP contribution in [0.15, 0.2) is 34.7 Å². The molecule has 4 rings (SSSR count). The number of halogens is 1. The van der Waals surface area contributed by atoms with Crippen molar-refractivity contribution < 1.29 is 19.1 Å². The van der Waals surface area contributed by atoms with E-state index in [9.17, 15) is 9.59 Å². The van der Waals surface area contributed by atoms with E-state index in [1.807, 2.05) is 6.07 Å². The lowest BCUT2D eigenvalue weighted by Crippen LogP contribution is -2.37. The summed E-state index contributed by atoms with van der Waals surface area (Å²) >= 11 is 7.00. The number of rotatable bonds is 3. The molecule has 3 heterocycles. The second-order valence-electron chi connectivity index (χ2n) is 6.20. The number of likely N-dealkylation sites (tertiary alicyclic amines) is 1. The molecule has 134 valence electrons. The standard InChI is InChI=1S/C18H15ClN2O4S/c19-11-1-2-13-12(9-11)20-16(25-13)10-5-7-21(8-6-10)17(22)14-3-4-15(26-14)18(23)24/h1-4,9-10H,5-8H2,(H,23,24). The molecule has 1 aliphatic rings. The van der Waals surface area contributed by atoms with Crippen LogP contribution in [0.5, 0.6) is 0 Å². The van der Waals surface area contributed by atoms with E-state index in [2.05, 4.69) is 4.98 Å². The van der Waals surface area contributed by atoms with Gasteiger partial charge in [-0.15, -0.1) is 11.3 Å². The van der Waals surface area contributed by atoms with Gasteiger partial charge in [0, 0.05) is 24.0 Å². The number of aromatic carboxylic acids is 1. The van der Waals surface area contributed by atoms with Crippen LogP contribution >= 0.6 is 22.9 Å². The molecule has 1 aliphatic heterocycles. The van der Waals surface area contributed by atoms with Crippen molar-refractivity contribution >= 4 is 45.9 Å². The van der Waals surface area contributed by atoms with Crippen LogP contribution in [0.4, 0.5) is 0 Å². The molecule has 3 aromatic rings. The SMILES string of the molecule is O=C(O)c1ccc(C(=O)N2CCC(c3nc4cc(Cl)ccc4o3)CC2)s1. The summed E-state index contributed by atoms with van der Waals surface area (Å²) in [4.78, 5) is 30.4. The van der Waals surface area contributed by atoms with Gasteiger partial charge in [-0.05, 0) is 43.2 Å². The largest absolute Gasteiger partial charge is 0.477 e. The van der Waals surface area contributed by atoms with Crippen molar-refractivity contribution in [1.29, 1.82) is 0 Å². The summed E-state index contributed by atoms with van der Waals surface area (Å²) in [5.74, 6) is -0.295. The number of carbonyl (C=O) groups excluding carboxylic acids is 1. The molecule has 26 heavy (non-hydrogen) atoms. The molecule has 1 saturated heterocycles. The Morgan fingerprint density at radius 2 is 1.92 bits per heavy atom. The number of aromatic nitrogens is 1. The van der Waals surface area contributed by atoms with Crippen molar-refractivity contribution in [2.75, 3.05) is 13.1 Å². The van der Waals surface area contributed by atoms with Gasteiger partial charge >= 0.3 is 5.97 Å². The smallest absolute Gasteiger partial charge is 0.345 e. The summed E-state index contributed by atoms with van der Waals surface area (Å²) < 4.78 is 5.84. The molecular weight excluding hydrogens is 376 g/mol. The number of carboxylic acids is 1. The highest BCUT2D eigenvalue weighted by atomic mass is 35.5. The van der Waals surface area contributed by atoms with E-state index in [0.29, 0.717) is 34.5 Å². The first-order valence-corrected chi connectivity index (χ1v) is 9.39. The maximum Gasteiger partial charge on any atom is 0.345 e. The second kappa shape index (κ2) is 6.74. The molecule has 6 nitrogen and oxygen atoms in total. The average molecular weight is 391 g/mol. The van der Waals surface area contributed by atoms with Crippen molar-refractivity contribution in [2.24, 2.45) is 0 Å². The maximum absolute atomic E-state index is 12.5. The molecule has 0 unspecified atom stereocenters. The van der Waals surface area contributed by atoms with Gasteiger partial charge in [-0.25, -0.2) is 9.78 Å². The normalized spacial score (nSPS) is 15.5. The molecule has 1 amide bonds. The van der Waals surface area contributed by atoms with E-state index in [1.54, 1.807) is 23.1 Å². The molecule has 1 aromatic carbocycles. The van der Waals surface area contributed by atoms with Crippen molar-refractivity contribution in [3.8, 4) is 0 Å². The highest BCUT2D eigenvalue weighted by Crippen LogP contribution is 2.31. The molecule has 8 heteroatoms. The fourth-order valence-electron chi connectivity index (χ4n) is 3.15. The van der Waals surface area contributed by atoms with Crippen LogP contribution in [0.1, 0.15) is 44.0 Å². The molecule has 1 N–H and O–H groups in total. The van der Waals surface area contributed by atoms with Crippen LogP contribution in [0.2, 0.25) is 5.02 Å². The molecule has 0 aliphatic carbocycles. The van der Waals surface area contributed by atoms with Gasteiger partial charge < -0.3 is 14.4 Å². The Morgan fingerprint density at radius 1 is 1.19 bits per heavy atom. The molecule has 2 aromatic heterocycles. The first-order valence-electron chi connectivity index (χ1n) is 8.19. The summed E-state index contributed by atoms with van der Waals surface area (Å²) in [6, 6.07) is 8.40. The molecule has 0 atom stereocenters. The Hall–Kier alpha value is -2.38. The molecule has 0 radical (unpaired) electrons. The lowest BCUT2D eigenvalue weighted by Gasteiger charge is -2.30. The molecule has 0 spiro atoms. The van der Waals surface area contributed by atoms with Gasteiger partial charge in [-0.1, -0.05) is 11.6 Å². The monoisotopic (exact) mass is 390 g/mol. The van der Waals surface area contributed by atoms with E-state index in [1.165, 1.54) is 6.07 Å². The van der Waals surface area contributed by atoms with Gasteiger partial charge in [0.1, 0.15) is 10.4 Å². The summed E-state index contributed by atoms with van der Waals surface area (Å²) in [7, 11) is 0. The quantitative estimate of drug-likeness (QED) is 0.722. The van der Waals surface area contributed by atoms with Crippen LogP contribution in [-0.4, -0.2) is 40.0 Å². The van der Waals surface area contributed by atoms with Gasteiger partial charge in [0.15, 0.2) is 11.5 Å².